The first-order valence-corrected chi connectivity index (χ1v) is 6.30. The minimum Gasteiger partial charge on any atom is -0.398 e. The van der Waals surface area contributed by atoms with Crippen LogP contribution >= 0.6 is 0 Å². The third kappa shape index (κ3) is 3.30. The molecule has 1 aromatic rings. The molecule has 2 atom stereocenters. The smallest absolute Gasteiger partial charge is 0.125 e. The Labute approximate surface area is 92.1 Å². The highest BCUT2D eigenvalue weighted by atomic mass is 32.2. The van der Waals surface area contributed by atoms with Crippen LogP contribution in [0.2, 0.25) is 0 Å². The fraction of sp³-hybridized carbons (Fsp3) is 0.455. The van der Waals surface area contributed by atoms with E-state index >= 15 is 0 Å². The van der Waals surface area contributed by atoms with Gasteiger partial charge in [-0.15, -0.1) is 0 Å². The van der Waals surface area contributed by atoms with Crippen molar-refractivity contribution in [3.05, 3.63) is 24.0 Å². The van der Waals surface area contributed by atoms with E-state index in [4.69, 9.17) is 5.73 Å². The molecule has 0 radical (unpaired) electrons. The molecule has 0 saturated heterocycles. The fourth-order valence-corrected chi connectivity index (χ4v) is 2.67. The van der Waals surface area contributed by atoms with Gasteiger partial charge in [0, 0.05) is 5.75 Å². The molecule has 0 spiro atoms. The number of hydrogen-bond acceptors (Lipinski definition) is 2. The van der Waals surface area contributed by atoms with Gasteiger partial charge >= 0.3 is 0 Å². The van der Waals surface area contributed by atoms with Crippen LogP contribution in [0, 0.1) is 11.7 Å². The van der Waals surface area contributed by atoms with Gasteiger partial charge in [-0.3, -0.25) is 4.21 Å². The molecule has 0 aliphatic heterocycles. The average molecular weight is 229 g/mol. The van der Waals surface area contributed by atoms with Gasteiger partial charge in [0.25, 0.3) is 0 Å². The van der Waals surface area contributed by atoms with Gasteiger partial charge in [0.15, 0.2) is 0 Å². The summed E-state index contributed by atoms with van der Waals surface area (Å²) in [6, 6.07) is 4.01. The van der Waals surface area contributed by atoms with Gasteiger partial charge in [0.2, 0.25) is 0 Å². The predicted octanol–water partition coefficient (Wildman–Crippen LogP) is 2.56. The summed E-state index contributed by atoms with van der Waals surface area (Å²) in [6.45, 7) is 4.09. The van der Waals surface area contributed by atoms with E-state index in [1.165, 1.54) is 18.2 Å². The molecule has 0 aromatic heterocycles. The van der Waals surface area contributed by atoms with Crippen molar-refractivity contribution in [3.8, 4) is 0 Å². The largest absolute Gasteiger partial charge is 0.398 e. The number of nitrogen functional groups attached to an aromatic ring is 1. The summed E-state index contributed by atoms with van der Waals surface area (Å²) in [6.07, 6.45) is 0.979. The van der Waals surface area contributed by atoms with Gasteiger partial charge in [0.1, 0.15) is 5.82 Å². The number of rotatable bonds is 4. The van der Waals surface area contributed by atoms with Crippen molar-refractivity contribution < 1.29 is 8.60 Å². The van der Waals surface area contributed by atoms with Crippen molar-refractivity contribution in [2.45, 2.75) is 25.2 Å². The lowest BCUT2D eigenvalue weighted by atomic mass is 10.2. The summed E-state index contributed by atoms with van der Waals surface area (Å²) in [5.41, 5.74) is 5.88. The van der Waals surface area contributed by atoms with E-state index in [2.05, 4.69) is 6.92 Å². The molecule has 0 fully saturated rings. The molecule has 4 heteroatoms. The van der Waals surface area contributed by atoms with Crippen molar-refractivity contribution in [1.82, 2.24) is 0 Å². The summed E-state index contributed by atoms with van der Waals surface area (Å²) in [5.74, 6) is 0.568. The van der Waals surface area contributed by atoms with Gasteiger partial charge in [-0.25, -0.2) is 4.39 Å². The molecule has 0 saturated carbocycles. The number of hydrogen-bond donors (Lipinski definition) is 1. The first kappa shape index (κ1) is 12.2. The maximum atomic E-state index is 12.8. The summed E-state index contributed by atoms with van der Waals surface area (Å²) in [4.78, 5) is 0.539. The molecule has 2 N–H and O–H groups in total. The molecule has 0 heterocycles. The van der Waals surface area contributed by atoms with Crippen molar-refractivity contribution in [1.29, 1.82) is 0 Å². The minimum atomic E-state index is -1.12. The lowest BCUT2D eigenvalue weighted by Gasteiger charge is -2.09. The molecule has 0 aliphatic rings. The zero-order valence-corrected chi connectivity index (χ0v) is 9.81. The molecule has 0 aliphatic carbocycles. The highest BCUT2D eigenvalue weighted by Crippen LogP contribution is 2.19. The van der Waals surface area contributed by atoms with E-state index in [9.17, 15) is 8.60 Å². The zero-order valence-electron chi connectivity index (χ0n) is 9.00. The van der Waals surface area contributed by atoms with E-state index in [1.54, 1.807) is 0 Å². The van der Waals surface area contributed by atoms with Crippen LogP contribution in [0.5, 0.6) is 0 Å². The normalized spacial score (nSPS) is 14.9. The van der Waals surface area contributed by atoms with Crippen molar-refractivity contribution in [2.75, 3.05) is 11.5 Å². The maximum absolute atomic E-state index is 12.8. The number of halogens is 1. The predicted molar refractivity (Wildman–Crippen MR) is 61.5 cm³/mol. The van der Waals surface area contributed by atoms with Crippen LogP contribution < -0.4 is 5.73 Å². The molecule has 0 amide bonds. The SMILES string of the molecule is CCC(C)CS(=O)c1ccc(F)cc1N. The molecule has 2 unspecified atom stereocenters. The van der Waals surface area contributed by atoms with Crippen LogP contribution in [-0.2, 0) is 10.8 Å². The average Bonchev–Trinajstić information content (AvgIpc) is 2.17. The Morgan fingerprint density at radius 2 is 2.20 bits per heavy atom. The highest BCUT2D eigenvalue weighted by molar-refractivity contribution is 7.85. The van der Waals surface area contributed by atoms with Crippen molar-refractivity contribution in [3.63, 3.8) is 0 Å². The van der Waals surface area contributed by atoms with Crippen molar-refractivity contribution >= 4 is 16.5 Å². The molecule has 15 heavy (non-hydrogen) atoms. The minimum absolute atomic E-state index is 0.275. The van der Waals surface area contributed by atoms with Gasteiger partial charge in [-0.05, 0) is 24.1 Å². The molecule has 1 rings (SSSR count). The molecular weight excluding hydrogens is 213 g/mol. The van der Waals surface area contributed by atoms with E-state index in [1.807, 2.05) is 6.92 Å². The fourth-order valence-electron chi connectivity index (χ4n) is 1.19. The third-order valence-electron chi connectivity index (χ3n) is 2.35. The van der Waals surface area contributed by atoms with Crippen LogP contribution in [0.4, 0.5) is 10.1 Å². The van der Waals surface area contributed by atoms with E-state index < -0.39 is 16.6 Å². The van der Waals surface area contributed by atoms with Gasteiger partial charge in [-0.2, -0.15) is 0 Å². The Bertz CT molecular complexity index is 368. The standard InChI is InChI=1S/C11H16FNOS/c1-3-8(2)7-15(14)11-5-4-9(12)6-10(11)13/h4-6,8H,3,7,13H2,1-2H3. The Kier molecular flexibility index (Phi) is 4.27. The molecule has 1 aromatic carbocycles. The van der Waals surface area contributed by atoms with Gasteiger partial charge < -0.3 is 5.73 Å². The number of benzene rings is 1. The lowest BCUT2D eigenvalue weighted by molar-refractivity contribution is 0.614. The molecule has 84 valence electrons. The topological polar surface area (TPSA) is 43.1 Å². The Balaban J connectivity index is 2.82. The number of anilines is 1. The molecular formula is C11H16FNOS. The van der Waals surface area contributed by atoms with Crippen LogP contribution in [0.3, 0.4) is 0 Å². The Morgan fingerprint density at radius 3 is 2.73 bits per heavy atom. The van der Waals surface area contributed by atoms with E-state index in [-0.39, 0.29) is 5.69 Å². The zero-order chi connectivity index (χ0) is 11.4. The van der Waals surface area contributed by atoms with Crippen LogP contribution in [0.25, 0.3) is 0 Å². The first-order chi connectivity index (χ1) is 7.04. The quantitative estimate of drug-likeness (QED) is 0.806. The van der Waals surface area contributed by atoms with Crippen molar-refractivity contribution in [2.24, 2.45) is 5.92 Å². The summed E-state index contributed by atoms with van der Waals surface area (Å²) in [7, 11) is -1.12. The molecule has 0 bridgehead atoms. The van der Waals surface area contributed by atoms with Crippen LogP contribution in [0.1, 0.15) is 20.3 Å². The number of nitrogens with two attached hydrogens (primary N) is 1. The monoisotopic (exact) mass is 229 g/mol. The lowest BCUT2D eigenvalue weighted by Crippen LogP contribution is -2.09. The summed E-state index contributed by atoms with van der Waals surface area (Å²) in [5, 5.41) is 0. The first-order valence-electron chi connectivity index (χ1n) is 4.98. The second-order valence-electron chi connectivity index (χ2n) is 3.71. The highest BCUT2D eigenvalue weighted by Gasteiger charge is 2.11. The van der Waals surface area contributed by atoms with E-state index in [0.717, 1.165) is 6.42 Å². The second-order valence-corrected chi connectivity index (χ2v) is 5.17. The maximum Gasteiger partial charge on any atom is 0.125 e. The van der Waals surface area contributed by atoms with Gasteiger partial charge in [-0.1, -0.05) is 20.3 Å². The Morgan fingerprint density at radius 1 is 1.53 bits per heavy atom. The molecule has 2 nitrogen and oxygen atoms in total. The van der Waals surface area contributed by atoms with Crippen LogP contribution in [0.15, 0.2) is 23.1 Å². The third-order valence-corrected chi connectivity index (χ3v) is 4.08. The van der Waals surface area contributed by atoms with Crippen LogP contribution in [-0.4, -0.2) is 9.96 Å². The summed E-state index contributed by atoms with van der Waals surface area (Å²) >= 11 is 0. The Hall–Kier alpha value is -0.900. The summed E-state index contributed by atoms with van der Waals surface area (Å²) < 4.78 is 24.6. The van der Waals surface area contributed by atoms with Gasteiger partial charge in [0.05, 0.1) is 21.4 Å². The van der Waals surface area contributed by atoms with E-state index in [0.29, 0.717) is 16.6 Å². The second kappa shape index (κ2) is 5.26.